The van der Waals surface area contributed by atoms with E-state index in [1.54, 1.807) is 13.0 Å². The van der Waals surface area contributed by atoms with Crippen LogP contribution in [0.15, 0.2) is 39.6 Å². The van der Waals surface area contributed by atoms with Gasteiger partial charge in [-0.25, -0.2) is 4.98 Å². The normalized spacial score (nSPS) is 10.5. The Bertz CT molecular complexity index is 578. The van der Waals surface area contributed by atoms with Crippen molar-refractivity contribution in [2.75, 3.05) is 0 Å². The third kappa shape index (κ3) is 3.53. The van der Waals surface area contributed by atoms with Crippen LogP contribution in [0.1, 0.15) is 17.1 Å². The monoisotopic (exact) mass is 292 g/mol. The van der Waals surface area contributed by atoms with Crippen molar-refractivity contribution in [1.29, 1.82) is 0 Å². The Morgan fingerprint density at radius 2 is 2.12 bits per heavy atom. The zero-order valence-electron chi connectivity index (χ0n) is 9.53. The van der Waals surface area contributed by atoms with Gasteiger partial charge >= 0.3 is 0 Å². The quantitative estimate of drug-likeness (QED) is 0.945. The van der Waals surface area contributed by atoms with Gasteiger partial charge in [-0.05, 0) is 37.5 Å². The van der Waals surface area contributed by atoms with Gasteiger partial charge in [0.05, 0.1) is 0 Å². The molecule has 1 N–H and O–H groups in total. The number of benzene rings is 1. The van der Waals surface area contributed by atoms with Gasteiger partial charge in [-0.1, -0.05) is 28.1 Å². The summed E-state index contributed by atoms with van der Waals surface area (Å²) >= 11 is 3.44. The molecule has 2 rings (SSSR count). The summed E-state index contributed by atoms with van der Waals surface area (Å²) in [6.07, 6.45) is 1.66. The van der Waals surface area contributed by atoms with Gasteiger partial charge in [0.2, 0.25) is 0 Å². The van der Waals surface area contributed by atoms with Crippen molar-refractivity contribution in [1.82, 2.24) is 9.97 Å². The van der Waals surface area contributed by atoms with Crippen LogP contribution in [-0.4, -0.2) is 9.97 Å². The Morgan fingerprint density at radius 1 is 1.29 bits per heavy atom. The molecule has 88 valence electrons. The summed E-state index contributed by atoms with van der Waals surface area (Å²) in [6, 6.07) is 9.73. The van der Waals surface area contributed by atoms with Gasteiger partial charge in [-0.15, -0.1) is 0 Å². The zero-order chi connectivity index (χ0) is 12.3. The van der Waals surface area contributed by atoms with Gasteiger partial charge < -0.3 is 4.98 Å². The summed E-state index contributed by atoms with van der Waals surface area (Å²) in [6.45, 7) is 1.80. The average molecular weight is 293 g/mol. The van der Waals surface area contributed by atoms with Crippen LogP contribution in [0.25, 0.3) is 0 Å². The molecule has 0 fully saturated rings. The van der Waals surface area contributed by atoms with Crippen molar-refractivity contribution in [3.8, 4) is 0 Å². The molecule has 4 heteroatoms. The van der Waals surface area contributed by atoms with Crippen LogP contribution < -0.4 is 5.56 Å². The molecule has 17 heavy (non-hydrogen) atoms. The summed E-state index contributed by atoms with van der Waals surface area (Å²) in [7, 11) is 0. The predicted molar refractivity (Wildman–Crippen MR) is 71.1 cm³/mol. The topological polar surface area (TPSA) is 45.8 Å². The van der Waals surface area contributed by atoms with Crippen molar-refractivity contribution >= 4 is 15.9 Å². The van der Waals surface area contributed by atoms with E-state index < -0.39 is 0 Å². The fraction of sp³-hybridized carbons (Fsp3) is 0.231. The maximum absolute atomic E-state index is 11.3. The molecule has 0 aliphatic heterocycles. The van der Waals surface area contributed by atoms with E-state index in [9.17, 15) is 4.79 Å². The summed E-state index contributed by atoms with van der Waals surface area (Å²) in [5, 5.41) is 0. The lowest BCUT2D eigenvalue weighted by Crippen LogP contribution is -2.11. The number of rotatable bonds is 3. The molecule has 0 bridgehead atoms. The van der Waals surface area contributed by atoms with E-state index in [2.05, 4.69) is 38.0 Å². The highest BCUT2D eigenvalue weighted by Gasteiger charge is 2.00. The van der Waals surface area contributed by atoms with Gasteiger partial charge in [0.15, 0.2) is 0 Å². The molecule has 0 spiro atoms. The molecule has 2 aromatic rings. The smallest absolute Gasteiger partial charge is 0.251 e. The minimum Gasteiger partial charge on any atom is -0.311 e. The molecule has 1 aromatic heterocycles. The third-order valence-electron chi connectivity index (χ3n) is 2.47. The lowest BCUT2D eigenvalue weighted by molar-refractivity contribution is 0.869. The van der Waals surface area contributed by atoms with E-state index in [1.165, 1.54) is 5.56 Å². The Kier molecular flexibility index (Phi) is 3.74. The van der Waals surface area contributed by atoms with Crippen LogP contribution in [0.5, 0.6) is 0 Å². The number of hydrogen-bond acceptors (Lipinski definition) is 2. The second-order valence-electron chi connectivity index (χ2n) is 3.95. The molecule has 0 amide bonds. The maximum atomic E-state index is 11.3. The summed E-state index contributed by atoms with van der Waals surface area (Å²) in [5.41, 5.74) is 1.99. The number of H-pyrrole nitrogens is 1. The fourth-order valence-corrected chi connectivity index (χ4v) is 2.18. The molecule has 0 aliphatic rings. The Hall–Kier alpha value is -1.42. The van der Waals surface area contributed by atoms with E-state index in [0.29, 0.717) is 5.82 Å². The first kappa shape index (κ1) is 12.0. The SMILES string of the molecule is Cc1nc(CCc2cccc(Br)c2)cc(=O)[nH]1. The van der Waals surface area contributed by atoms with Crippen LogP contribution >= 0.6 is 15.9 Å². The highest BCUT2D eigenvalue weighted by atomic mass is 79.9. The number of nitrogens with one attached hydrogen (secondary N) is 1. The zero-order valence-corrected chi connectivity index (χ0v) is 11.1. The van der Waals surface area contributed by atoms with Crippen LogP contribution in [0, 0.1) is 6.92 Å². The molecule has 0 unspecified atom stereocenters. The molecule has 1 aromatic carbocycles. The minimum absolute atomic E-state index is 0.0817. The number of nitrogens with zero attached hydrogens (tertiary/aromatic N) is 1. The minimum atomic E-state index is -0.0817. The first-order chi connectivity index (χ1) is 8.13. The van der Waals surface area contributed by atoms with Crippen LogP contribution in [0.3, 0.4) is 0 Å². The Labute approximate surface area is 108 Å². The molecule has 0 aliphatic carbocycles. The first-order valence-corrected chi connectivity index (χ1v) is 6.24. The van der Waals surface area contributed by atoms with E-state index >= 15 is 0 Å². The number of aromatic amines is 1. The van der Waals surface area contributed by atoms with Crippen molar-refractivity contribution in [2.24, 2.45) is 0 Å². The third-order valence-corrected chi connectivity index (χ3v) is 2.97. The van der Waals surface area contributed by atoms with Crippen LogP contribution in [0.4, 0.5) is 0 Å². The van der Waals surface area contributed by atoms with Crippen molar-refractivity contribution in [2.45, 2.75) is 19.8 Å². The molecule has 0 saturated heterocycles. The van der Waals surface area contributed by atoms with Gasteiger partial charge in [-0.2, -0.15) is 0 Å². The second kappa shape index (κ2) is 5.27. The number of aromatic nitrogens is 2. The van der Waals surface area contributed by atoms with Gasteiger partial charge in [0, 0.05) is 16.2 Å². The maximum Gasteiger partial charge on any atom is 0.251 e. The Morgan fingerprint density at radius 3 is 2.82 bits per heavy atom. The number of halogens is 1. The number of aryl methyl sites for hydroxylation is 3. The van der Waals surface area contributed by atoms with E-state index in [4.69, 9.17) is 0 Å². The molecule has 0 atom stereocenters. The predicted octanol–water partition coefficient (Wildman–Crippen LogP) is 2.63. The van der Waals surface area contributed by atoms with Crippen LogP contribution in [0.2, 0.25) is 0 Å². The van der Waals surface area contributed by atoms with E-state index in [1.807, 2.05) is 12.1 Å². The molecular weight excluding hydrogens is 280 g/mol. The molecule has 1 heterocycles. The largest absolute Gasteiger partial charge is 0.311 e. The fourth-order valence-electron chi connectivity index (χ4n) is 1.73. The standard InChI is InChI=1S/C13H13BrN2O/c1-9-15-12(8-13(17)16-9)6-5-10-3-2-4-11(14)7-10/h2-4,7-8H,5-6H2,1H3,(H,15,16,17). The van der Waals surface area contributed by atoms with Crippen molar-refractivity contribution in [3.63, 3.8) is 0 Å². The molecule has 0 saturated carbocycles. The van der Waals surface area contributed by atoms with Gasteiger partial charge in [-0.3, -0.25) is 4.79 Å². The highest BCUT2D eigenvalue weighted by Crippen LogP contribution is 2.13. The lowest BCUT2D eigenvalue weighted by atomic mass is 10.1. The highest BCUT2D eigenvalue weighted by molar-refractivity contribution is 9.10. The molecule has 3 nitrogen and oxygen atoms in total. The van der Waals surface area contributed by atoms with Gasteiger partial charge in [0.1, 0.15) is 5.82 Å². The second-order valence-corrected chi connectivity index (χ2v) is 4.87. The van der Waals surface area contributed by atoms with Crippen LogP contribution in [-0.2, 0) is 12.8 Å². The first-order valence-electron chi connectivity index (χ1n) is 5.45. The molecular formula is C13H13BrN2O. The summed E-state index contributed by atoms with van der Waals surface area (Å²) in [4.78, 5) is 18.2. The summed E-state index contributed by atoms with van der Waals surface area (Å²) in [5.74, 6) is 0.668. The van der Waals surface area contributed by atoms with E-state index in [0.717, 1.165) is 23.0 Å². The van der Waals surface area contributed by atoms with Crippen molar-refractivity contribution in [3.05, 3.63) is 62.2 Å². The average Bonchev–Trinajstić information content (AvgIpc) is 2.25. The van der Waals surface area contributed by atoms with Crippen molar-refractivity contribution < 1.29 is 0 Å². The van der Waals surface area contributed by atoms with Gasteiger partial charge in [0.25, 0.3) is 5.56 Å². The summed E-state index contributed by atoms with van der Waals surface area (Å²) < 4.78 is 1.07. The number of hydrogen-bond donors (Lipinski definition) is 1. The lowest BCUT2D eigenvalue weighted by Gasteiger charge is -2.02. The van der Waals surface area contributed by atoms with E-state index in [-0.39, 0.29) is 5.56 Å². The Balaban J connectivity index is 2.09. The molecule has 0 radical (unpaired) electrons.